The van der Waals surface area contributed by atoms with Gasteiger partial charge in [-0.05, 0) is 37.8 Å². The van der Waals surface area contributed by atoms with Crippen LogP contribution in [0.3, 0.4) is 0 Å². The fourth-order valence-electron chi connectivity index (χ4n) is 2.16. The molecule has 1 fully saturated rings. The largest absolute Gasteiger partial charge is 0.378 e. The second-order valence-corrected chi connectivity index (χ2v) is 5.23. The number of amides is 1. The van der Waals surface area contributed by atoms with E-state index in [1.807, 2.05) is 6.92 Å². The standard InChI is InChI=1S/C14H20N4O3/c1-2-16-14(19)10-5-6-13(18(20)21)12(7-10)17-8-11(15)9-3-4-9/h5-7,9,11,17H,2-4,8,15H2,1H3,(H,16,19). The molecule has 1 saturated carbocycles. The number of nitro groups is 1. The molecule has 1 unspecified atom stereocenters. The number of hydrogen-bond donors (Lipinski definition) is 3. The lowest BCUT2D eigenvalue weighted by atomic mass is 10.1. The van der Waals surface area contributed by atoms with Crippen molar-refractivity contribution in [3.63, 3.8) is 0 Å². The zero-order chi connectivity index (χ0) is 15.4. The van der Waals surface area contributed by atoms with Gasteiger partial charge in [0, 0.05) is 30.8 Å². The molecular weight excluding hydrogens is 272 g/mol. The van der Waals surface area contributed by atoms with Gasteiger partial charge in [-0.15, -0.1) is 0 Å². The molecule has 21 heavy (non-hydrogen) atoms. The minimum absolute atomic E-state index is 0.0160. The lowest BCUT2D eigenvalue weighted by molar-refractivity contribution is -0.384. The van der Waals surface area contributed by atoms with Crippen molar-refractivity contribution in [3.05, 3.63) is 33.9 Å². The fraction of sp³-hybridized carbons (Fsp3) is 0.500. The number of anilines is 1. The van der Waals surface area contributed by atoms with Crippen molar-refractivity contribution in [2.24, 2.45) is 11.7 Å². The molecular formula is C14H20N4O3. The molecule has 4 N–H and O–H groups in total. The molecule has 1 aromatic rings. The minimum Gasteiger partial charge on any atom is -0.378 e. The molecule has 1 aromatic carbocycles. The molecule has 2 rings (SSSR count). The van der Waals surface area contributed by atoms with Gasteiger partial charge in [0.05, 0.1) is 4.92 Å². The summed E-state index contributed by atoms with van der Waals surface area (Å²) in [5.41, 5.74) is 6.66. The highest BCUT2D eigenvalue weighted by Crippen LogP contribution is 2.32. The summed E-state index contributed by atoms with van der Waals surface area (Å²) >= 11 is 0. The third-order valence-electron chi connectivity index (χ3n) is 3.55. The molecule has 1 aliphatic carbocycles. The van der Waals surface area contributed by atoms with Gasteiger partial charge in [0.2, 0.25) is 0 Å². The molecule has 0 aliphatic heterocycles. The first-order chi connectivity index (χ1) is 10.0. The molecule has 1 aliphatic rings. The maximum absolute atomic E-state index is 11.8. The van der Waals surface area contributed by atoms with E-state index in [9.17, 15) is 14.9 Å². The topological polar surface area (TPSA) is 110 Å². The van der Waals surface area contributed by atoms with Gasteiger partial charge >= 0.3 is 0 Å². The van der Waals surface area contributed by atoms with Crippen molar-refractivity contribution in [2.75, 3.05) is 18.4 Å². The number of benzene rings is 1. The zero-order valence-corrected chi connectivity index (χ0v) is 12.0. The van der Waals surface area contributed by atoms with Gasteiger partial charge in [-0.3, -0.25) is 14.9 Å². The highest BCUT2D eigenvalue weighted by atomic mass is 16.6. The first kappa shape index (κ1) is 15.2. The van der Waals surface area contributed by atoms with E-state index in [4.69, 9.17) is 5.73 Å². The van der Waals surface area contributed by atoms with Crippen LogP contribution >= 0.6 is 0 Å². The van der Waals surface area contributed by atoms with E-state index >= 15 is 0 Å². The lowest BCUT2D eigenvalue weighted by Gasteiger charge is -2.13. The summed E-state index contributed by atoms with van der Waals surface area (Å²) in [5, 5.41) is 16.7. The smallest absolute Gasteiger partial charge is 0.292 e. The molecule has 0 radical (unpaired) electrons. The number of hydrogen-bond acceptors (Lipinski definition) is 5. The van der Waals surface area contributed by atoms with E-state index in [1.165, 1.54) is 18.2 Å². The Balaban J connectivity index is 2.15. The van der Waals surface area contributed by atoms with Crippen molar-refractivity contribution >= 4 is 17.3 Å². The number of carbonyl (C=O) groups is 1. The first-order valence-electron chi connectivity index (χ1n) is 7.09. The number of nitrogens with two attached hydrogens (primary N) is 1. The van der Waals surface area contributed by atoms with Gasteiger partial charge in [-0.1, -0.05) is 0 Å². The second kappa shape index (κ2) is 6.53. The van der Waals surface area contributed by atoms with E-state index in [2.05, 4.69) is 10.6 Å². The summed E-state index contributed by atoms with van der Waals surface area (Å²) in [5.74, 6) is 0.255. The molecule has 0 bridgehead atoms. The Morgan fingerprint density at radius 1 is 1.52 bits per heavy atom. The van der Waals surface area contributed by atoms with Crippen molar-refractivity contribution < 1.29 is 9.72 Å². The SMILES string of the molecule is CCNC(=O)c1ccc([N+](=O)[O-])c(NCC(N)C2CC2)c1. The molecule has 1 atom stereocenters. The van der Waals surface area contributed by atoms with E-state index in [1.54, 1.807) is 0 Å². The molecule has 0 saturated heterocycles. The Labute approximate surface area is 123 Å². The average molecular weight is 292 g/mol. The summed E-state index contributed by atoms with van der Waals surface area (Å²) in [7, 11) is 0. The highest BCUT2D eigenvalue weighted by Gasteiger charge is 2.28. The second-order valence-electron chi connectivity index (χ2n) is 5.23. The van der Waals surface area contributed by atoms with Crippen molar-refractivity contribution in [1.29, 1.82) is 0 Å². The zero-order valence-electron chi connectivity index (χ0n) is 12.0. The predicted molar refractivity (Wildman–Crippen MR) is 80.3 cm³/mol. The van der Waals surface area contributed by atoms with Crippen molar-refractivity contribution in [2.45, 2.75) is 25.8 Å². The van der Waals surface area contributed by atoms with Crippen LogP contribution in [0.25, 0.3) is 0 Å². The third kappa shape index (κ3) is 3.91. The van der Waals surface area contributed by atoms with Gasteiger partial charge in [0.25, 0.3) is 11.6 Å². The average Bonchev–Trinajstić information content (AvgIpc) is 3.29. The minimum atomic E-state index is -0.466. The molecule has 114 valence electrons. The fourth-order valence-corrected chi connectivity index (χ4v) is 2.16. The summed E-state index contributed by atoms with van der Waals surface area (Å²) in [6.45, 7) is 2.78. The molecule has 1 amide bonds. The first-order valence-corrected chi connectivity index (χ1v) is 7.09. The Kier molecular flexibility index (Phi) is 4.74. The Morgan fingerprint density at radius 3 is 2.81 bits per heavy atom. The maximum atomic E-state index is 11.8. The van der Waals surface area contributed by atoms with Gasteiger partial charge in [-0.25, -0.2) is 0 Å². The molecule has 7 heteroatoms. The van der Waals surface area contributed by atoms with Crippen LogP contribution < -0.4 is 16.4 Å². The lowest BCUT2D eigenvalue weighted by Crippen LogP contribution is -2.31. The normalized spacial score (nSPS) is 15.3. The summed E-state index contributed by atoms with van der Waals surface area (Å²) in [4.78, 5) is 22.4. The quantitative estimate of drug-likeness (QED) is 0.521. The molecule has 0 aromatic heterocycles. The van der Waals surface area contributed by atoms with E-state index in [0.717, 1.165) is 12.8 Å². The van der Waals surface area contributed by atoms with Gasteiger partial charge in [-0.2, -0.15) is 0 Å². The van der Waals surface area contributed by atoms with Crippen LogP contribution in [0.5, 0.6) is 0 Å². The van der Waals surface area contributed by atoms with Crippen LogP contribution in [0.2, 0.25) is 0 Å². The van der Waals surface area contributed by atoms with Crippen LogP contribution in [0.4, 0.5) is 11.4 Å². The monoisotopic (exact) mass is 292 g/mol. The van der Waals surface area contributed by atoms with Gasteiger partial charge < -0.3 is 16.4 Å². The van der Waals surface area contributed by atoms with Crippen LogP contribution in [0.15, 0.2) is 18.2 Å². The van der Waals surface area contributed by atoms with Gasteiger partial charge in [0.15, 0.2) is 0 Å². The number of carbonyl (C=O) groups excluding carboxylic acids is 1. The maximum Gasteiger partial charge on any atom is 0.292 e. The van der Waals surface area contributed by atoms with E-state index in [0.29, 0.717) is 30.3 Å². The number of nitrogens with one attached hydrogen (secondary N) is 2. The predicted octanol–water partition coefficient (Wildman–Crippen LogP) is 1.49. The number of nitrogens with zero attached hydrogens (tertiary/aromatic N) is 1. The Bertz CT molecular complexity index is 543. The Morgan fingerprint density at radius 2 is 2.24 bits per heavy atom. The highest BCUT2D eigenvalue weighted by molar-refractivity contribution is 5.95. The summed E-state index contributed by atoms with van der Waals surface area (Å²) in [6, 6.07) is 4.28. The molecule has 0 heterocycles. The molecule has 7 nitrogen and oxygen atoms in total. The van der Waals surface area contributed by atoms with Crippen LogP contribution in [0.1, 0.15) is 30.1 Å². The van der Waals surface area contributed by atoms with Crippen molar-refractivity contribution in [1.82, 2.24) is 5.32 Å². The van der Waals surface area contributed by atoms with Crippen LogP contribution in [-0.2, 0) is 0 Å². The van der Waals surface area contributed by atoms with Gasteiger partial charge in [0.1, 0.15) is 5.69 Å². The van der Waals surface area contributed by atoms with Crippen LogP contribution in [-0.4, -0.2) is 30.0 Å². The summed E-state index contributed by atoms with van der Waals surface area (Å²) < 4.78 is 0. The molecule has 0 spiro atoms. The van der Waals surface area contributed by atoms with E-state index in [-0.39, 0.29) is 17.6 Å². The number of rotatable bonds is 7. The number of nitro benzene ring substituents is 1. The van der Waals surface area contributed by atoms with E-state index < -0.39 is 4.92 Å². The Hall–Kier alpha value is -2.15. The third-order valence-corrected chi connectivity index (χ3v) is 3.55. The summed E-state index contributed by atoms with van der Waals surface area (Å²) in [6.07, 6.45) is 2.23. The van der Waals surface area contributed by atoms with Crippen molar-refractivity contribution in [3.8, 4) is 0 Å². The van der Waals surface area contributed by atoms with Crippen LogP contribution in [0, 0.1) is 16.0 Å².